The number of aromatic nitrogens is 4. The van der Waals surface area contributed by atoms with Crippen molar-refractivity contribution < 1.29 is 45.5 Å². The zero-order chi connectivity index (χ0) is 38.7. The number of esters is 1. The van der Waals surface area contributed by atoms with Crippen LogP contribution in [0.3, 0.4) is 0 Å². The number of amides is 2. The van der Waals surface area contributed by atoms with Gasteiger partial charge in [0.1, 0.15) is 23.6 Å². The molecule has 54 heavy (non-hydrogen) atoms. The summed E-state index contributed by atoms with van der Waals surface area (Å²) in [5.41, 5.74) is 11.9. The lowest BCUT2D eigenvalue weighted by molar-refractivity contribution is -0.141. The molecule has 282 valence electrons. The summed E-state index contributed by atoms with van der Waals surface area (Å²) in [6.07, 6.45) is -4.38. The van der Waals surface area contributed by atoms with Gasteiger partial charge in [-0.05, 0) is 54.7 Å². The predicted molar refractivity (Wildman–Crippen MR) is 180 cm³/mol. The van der Waals surface area contributed by atoms with Gasteiger partial charge in [0.25, 0.3) is 5.91 Å². The number of alkyl halides is 6. The molecule has 1 fully saturated rings. The lowest BCUT2D eigenvalue weighted by Crippen LogP contribution is -2.46. The molecule has 0 saturated heterocycles. The number of hydrogen-bond acceptors (Lipinski definition) is 9. The second kappa shape index (κ2) is 13.5. The summed E-state index contributed by atoms with van der Waals surface area (Å²) in [7, 11) is 0. The van der Waals surface area contributed by atoms with Crippen LogP contribution < -0.4 is 11.5 Å². The highest BCUT2D eigenvalue weighted by Gasteiger charge is 2.42. The SMILES string of the molecule is C=CC(=O)N1CCc2nn(-c3ccc(C4CC4)cc3COC(=O)c3cnc(C(F)(F)F)cc3N)c3c2[C@H](C1)N(C(=O)c1cnc(C(F)(F)F)cc1N)CC3. The van der Waals surface area contributed by atoms with Crippen LogP contribution in [0.15, 0.2) is 55.4 Å². The molecule has 1 atom stereocenters. The van der Waals surface area contributed by atoms with Gasteiger partial charge >= 0.3 is 18.3 Å². The van der Waals surface area contributed by atoms with Crippen molar-refractivity contribution >= 4 is 29.2 Å². The number of anilines is 2. The molecule has 2 aliphatic heterocycles. The molecular formula is C36H32F6N8O4. The molecule has 0 spiro atoms. The third-order valence-corrected chi connectivity index (χ3v) is 9.80. The molecule has 1 saturated carbocycles. The van der Waals surface area contributed by atoms with Gasteiger partial charge in [-0.15, -0.1) is 0 Å². The summed E-state index contributed by atoms with van der Waals surface area (Å²) >= 11 is 0. The highest BCUT2D eigenvalue weighted by Crippen LogP contribution is 2.43. The molecule has 0 bridgehead atoms. The van der Waals surface area contributed by atoms with Gasteiger partial charge in [0.05, 0.1) is 28.7 Å². The third kappa shape index (κ3) is 6.82. The molecule has 0 unspecified atom stereocenters. The van der Waals surface area contributed by atoms with Gasteiger partial charge in [-0.1, -0.05) is 12.6 Å². The van der Waals surface area contributed by atoms with Crippen molar-refractivity contribution in [2.24, 2.45) is 0 Å². The van der Waals surface area contributed by atoms with Crippen molar-refractivity contribution in [3.05, 3.63) is 106 Å². The molecule has 3 aromatic heterocycles. The first kappa shape index (κ1) is 36.4. The number of carbonyl (C=O) groups excluding carboxylic acids is 3. The summed E-state index contributed by atoms with van der Waals surface area (Å²) in [5, 5.41) is 4.94. The number of halogens is 6. The summed E-state index contributed by atoms with van der Waals surface area (Å²) in [5.74, 6) is -1.73. The lowest BCUT2D eigenvalue weighted by Gasteiger charge is -2.38. The van der Waals surface area contributed by atoms with E-state index in [0.29, 0.717) is 52.7 Å². The Morgan fingerprint density at radius 2 is 1.56 bits per heavy atom. The Balaban J connectivity index is 1.25. The molecule has 18 heteroatoms. The van der Waals surface area contributed by atoms with Gasteiger partial charge in [0.15, 0.2) is 0 Å². The summed E-state index contributed by atoms with van der Waals surface area (Å²) < 4.78 is 86.6. The smallest absolute Gasteiger partial charge is 0.433 e. The Morgan fingerprint density at radius 3 is 2.15 bits per heavy atom. The molecule has 1 aromatic carbocycles. The van der Waals surface area contributed by atoms with Crippen LogP contribution in [0.2, 0.25) is 0 Å². The number of nitrogen functional groups attached to an aromatic ring is 2. The number of nitrogens with two attached hydrogens (primary N) is 2. The third-order valence-electron chi connectivity index (χ3n) is 9.80. The van der Waals surface area contributed by atoms with Crippen molar-refractivity contribution in [2.45, 2.75) is 56.6 Å². The van der Waals surface area contributed by atoms with Crippen LogP contribution in [0.5, 0.6) is 0 Å². The second-order valence-corrected chi connectivity index (χ2v) is 13.3. The van der Waals surface area contributed by atoms with Gasteiger partial charge < -0.3 is 26.0 Å². The minimum atomic E-state index is -4.77. The van der Waals surface area contributed by atoms with E-state index in [4.69, 9.17) is 21.3 Å². The highest BCUT2D eigenvalue weighted by molar-refractivity contribution is 5.99. The van der Waals surface area contributed by atoms with Gasteiger partial charge in [0.2, 0.25) is 5.91 Å². The number of pyridine rings is 2. The van der Waals surface area contributed by atoms with Crippen LogP contribution in [-0.4, -0.2) is 67.0 Å². The normalized spacial score (nSPS) is 17.1. The monoisotopic (exact) mass is 754 g/mol. The van der Waals surface area contributed by atoms with E-state index in [1.807, 2.05) is 18.2 Å². The van der Waals surface area contributed by atoms with Gasteiger partial charge in [-0.25, -0.2) is 9.48 Å². The van der Waals surface area contributed by atoms with Crippen LogP contribution in [0, 0.1) is 0 Å². The molecule has 1 aliphatic carbocycles. The highest BCUT2D eigenvalue weighted by atomic mass is 19.4. The molecule has 3 aliphatic rings. The molecule has 7 rings (SSSR count). The first-order chi connectivity index (χ1) is 25.5. The predicted octanol–water partition coefficient (Wildman–Crippen LogP) is 5.41. The molecular weight excluding hydrogens is 722 g/mol. The van der Waals surface area contributed by atoms with Gasteiger partial charge in [-0.2, -0.15) is 31.4 Å². The van der Waals surface area contributed by atoms with Crippen molar-refractivity contribution in [1.29, 1.82) is 0 Å². The Labute approximate surface area is 303 Å². The molecule has 5 heterocycles. The fraction of sp³-hybridized carbons (Fsp3) is 0.333. The Hall–Kier alpha value is -5.94. The van der Waals surface area contributed by atoms with Crippen LogP contribution in [-0.2, 0) is 41.3 Å². The zero-order valence-corrected chi connectivity index (χ0v) is 28.4. The maximum atomic E-state index is 14.0. The summed E-state index contributed by atoms with van der Waals surface area (Å²) in [4.78, 5) is 49.7. The van der Waals surface area contributed by atoms with Crippen molar-refractivity contribution in [3.8, 4) is 5.69 Å². The van der Waals surface area contributed by atoms with Gasteiger partial charge in [0, 0.05) is 67.4 Å². The van der Waals surface area contributed by atoms with Gasteiger partial charge in [-0.3, -0.25) is 19.6 Å². The fourth-order valence-corrected chi connectivity index (χ4v) is 6.94. The maximum absolute atomic E-state index is 14.0. The quantitative estimate of drug-likeness (QED) is 0.143. The van der Waals surface area contributed by atoms with Crippen LogP contribution in [0.25, 0.3) is 5.69 Å². The average Bonchev–Trinajstić information content (AvgIpc) is 3.94. The first-order valence-corrected chi connectivity index (χ1v) is 16.8. The Kier molecular flexibility index (Phi) is 9.09. The first-order valence-electron chi connectivity index (χ1n) is 16.8. The van der Waals surface area contributed by atoms with E-state index in [9.17, 15) is 40.7 Å². The van der Waals surface area contributed by atoms with E-state index in [0.717, 1.165) is 36.9 Å². The number of carbonyl (C=O) groups is 3. The molecule has 4 N–H and O–H groups in total. The number of rotatable bonds is 7. The number of hydrogen-bond donors (Lipinski definition) is 2. The topological polar surface area (TPSA) is 163 Å². The van der Waals surface area contributed by atoms with Crippen molar-refractivity contribution in [3.63, 3.8) is 0 Å². The van der Waals surface area contributed by atoms with E-state index in [1.54, 1.807) is 4.68 Å². The molecule has 2 amide bonds. The Bertz CT molecular complexity index is 2200. The summed E-state index contributed by atoms with van der Waals surface area (Å²) in [6, 6.07) is 6.05. The standard InChI is InChI=1S/C36H32F6N8O4/c1-2-31(51)48-9-7-25-32-27(8-10-49(28(32)16-48)33(52)21-14-45-29(12-23(21)43)35(37,38)39)50(47-25)26-6-5-19(18-3-4-18)11-20(26)17-54-34(53)22-15-46-30(13-24(22)44)36(40,41)42/h2,5-6,11-15,18,28H,1,3-4,7-10,16-17H2,(H2,43,45)(H2,44,46)/t28-/m0/s1. The van der Waals surface area contributed by atoms with Crippen LogP contribution in [0.4, 0.5) is 37.7 Å². The number of ether oxygens (including phenoxy) is 1. The number of nitrogens with zero attached hydrogens (tertiary/aromatic N) is 6. The van der Waals surface area contributed by atoms with E-state index in [1.165, 1.54) is 9.80 Å². The van der Waals surface area contributed by atoms with E-state index >= 15 is 0 Å². The maximum Gasteiger partial charge on any atom is 0.433 e. The number of benzene rings is 1. The zero-order valence-electron chi connectivity index (χ0n) is 28.4. The van der Waals surface area contributed by atoms with Crippen molar-refractivity contribution in [2.75, 3.05) is 31.1 Å². The molecule has 0 radical (unpaired) electrons. The second-order valence-electron chi connectivity index (χ2n) is 13.3. The van der Waals surface area contributed by atoms with Crippen LogP contribution in [0.1, 0.15) is 85.0 Å². The molecule has 4 aromatic rings. The van der Waals surface area contributed by atoms with E-state index < -0.39 is 53.0 Å². The fourth-order valence-electron chi connectivity index (χ4n) is 6.94. The average molecular weight is 755 g/mol. The Morgan fingerprint density at radius 1 is 0.907 bits per heavy atom. The van der Waals surface area contributed by atoms with E-state index in [-0.39, 0.29) is 49.7 Å². The van der Waals surface area contributed by atoms with Crippen molar-refractivity contribution in [1.82, 2.24) is 29.5 Å². The van der Waals surface area contributed by atoms with E-state index in [2.05, 4.69) is 16.5 Å². The minimum absolute atomic E-state index is 0.0317. The largest absolute Gasteiger partial charge is 0.457 e. The van der Waals surface area contributed by atoms with Crippen LogP contribution >= 0.6 is 0 Å². The lowest BCUT2D eigenvalue weighted by atomic mass is 9.94. The molecule has 12 nitrogen and oxygen atoms in total. The minimum Gasteiger partial charge on any atom is -0.457 e. The summed E-state index contributed by atoms with van der Waals surface area (Å²) in [6.45, 7) is 3.62.